The van der Waals surface area contributed by atoms with E-state index in [1.807, 2.05) is 10.6 Å². The van der Waals surface area contributed by atoms with E-state index in [1.165, 1.54) is 0 Å². The van der Waals surface area contributed by atoms with Crippen LogP contribution in [0.1, 0.15) is 0 Å². The second kappa shape index (κ2) is 4.24. The molecule has 6 heteroatoms. The standard InChI is InChI=1S/C9H11N3OS2/c1-15(13)5-4-12-8-2-3-10-6-7(8)11-9(12)14/h2-3,6H,4-5H2,1H3,(H,11,14). The zero-order chi connectivity index (χ0) is 10.8. The van der Waals surface area contributed by atoms with E-state index in [2.05, 4.69) is 9.97 Å². The molecule has 2 heterocycles. The van der Waals surface area contributed by atoms with Crippen LogP contribution in [0.2, 0.25) is 0 Å². The van der Waals surface area contributed by atoms with Crippen molar-refractivity contribution in [3.05, 3.63) is 23.2 Å². The van der Waals surface area contributed by atoms with Crippen LogP contribution < -0.4 is 0 Å². The van der Waals surface area contributed by atoms with Crippen molar-refractivity contribution in [3.63, 3.8) is 0 Å². The third-order valence-electron chi connectivity index (χ3n) is 2.18. The first-order valence-electron chi connectivity index (χ1n) is 4.51. The molecule has 0 saturated heterocycles. The van der Waals surface area contributed by atoms with Crippen LogP contribution in [0.25, 0.3) is 11.0 Å². The molecule has 0 radical (unpaired) electrons. The number of nitrogens with zero attached hydrogens (tertiary/aromatic N) is 2. The summed E-state index contributed by atoms with van der Waals surface area (Å²) in [6.07, 6.45) is 5.16. The predicted molar refractivity (Wildman–Crippen MR) is 63.9 cm³/mol. The highest BCUT2D eigenvalue weighted by Gasteiger charge is 2.03. The van der Waals surface area contributed by atoms with Crippen molar-refractivity contribution in [2.45, 2.75) is 6.54 Å². The Labute approximate surface area is 94.8 Å². The Morgan fingerprint density at radius 3 is 3.20 bits per heavy atom. The number of rotatable bonds is 3. The first-order chi connectivity index (χ1) is 7.18. The highest BCUT2D eigenvalue weighted by atomic mass is 32.2. The number of fused-ring (bicyclic) bond motifs is 1. The quantitative estimate of drug-likeness (QED) is 0.828. The lowest BCUT2D eigenvalue weighted by molar-refractivity contribution is 0.678. The zero-order valence-corrected chi connectivity index (χ0v) is 9.90. The number of aryl methyl sites for hydroxylation is 1. The van der Waals surface area contributed by atoms with Crippen molar-refractivity contribution in [3.8, 4) is 0 Å². The average molecular weight is 241 g/mol. The van der Waals surface area contributed by atoms with Crippen LogP contribution >= 0.6 is 12.2 Å². The molecule has 1 N–H and O–H groups in total. The van der Waals surface area contributed by atoms with E-state index in [9.17, 15) is 4.21 Å². The molecule has 0 aromatic carbocycles. The Morgan fingerprint density at radius 2 is 2.47 bits per heavy atom. The van der Waals surface area contributed by atoms with Gasteiger partial charge in [0.2, 0.25) is 0 Å². The minimum Gasteiger partial charge on any atom is -0.329 e. The van der Waals surface area contributed by atoms with Gasteiger partial charge in [-0.3, -0.25) is 9.19 Å². The van der Waals surface area contributed by atoms with Gasteiger partial charge in [0.15, 0.2) is 4.77 Å². The minimum atomic E-state index is -0.798. The summed E-state index contributed by atoms with van der Waals surface area (Å²) in [7, 11) is -0.798. The third-order valence-corrected chi connectivity index (χ3v) is 3.26. The maximum Gasteiger partial charge on any atom is 0.178 e. The van der Waals surface area contributed by atoms with Gasteiger partial charge in [-0.15, -0.1) is 0 Å². The number of pyridine rings is 1. The summed E-state index contributed by atoms with van der Waals surface area (Å²) in [5.41, 5.74) is 1.94. The predicted octanol–water partition coefficient (Wildman–Crippen LogP) is 1.47. The van der Waals surface area contributed by atoms with Crippen molar-refractivity contribution < 1.29 is 4.21 Å². The summed E-state index contributed by atoms with van der Waals surface area (Å²) in [5.74, 6) is 0.615. The Kier molecular flexibility index (Phi) is 2.97. The molecule has 0 spiro atoms. The van der Waals surface area contributed by atoms with E-state index in [1.54, 1.807) is 18.6 Å². The SMILES string of the molecule is CS(=O)CCn1c(=S)[nH]c2cnccc21. The molecule has 15 heavy (non-hydrogen) atoms. The van der Waals surface area contributed by atoms with Gasteiger partial charge in [0.1, 0.15) is 0 Å². The summed E-state index contributed by atoms with van der Waals surface area (Å²) in [4.78, 5) is 7.08. The molecule has 80 valence electrons. The molecule has 2 aromatic rings. The Bertz CT molecular complexity index is 558. The fourth-order valence-electron chi connectivity index (χ4n) is 1.45. The second-order valence-electron chi connectivity index (χ2n) is 3.25. The molecule has 2 rings (SSSR count). The molecule has 0 bridgehead atoms. The molecule has 0 aliphatic rings. The maximum absolute atomic E-state index is 11.0. The molecule has 1 unspecified atom stereocenters. The second-order valence-corrected chi connectivity index (χ2v) is 5.19. The number of aromatic nitrogens is 3. The highest BCUT2D eigenvalue weighted by molar-refractivity contribution is 7.84. The van der Waals surface area contributed by atoms with Crippen molar-refractivity contribution in [1.82, 2.24) is 14.5 Å². The Balaban J connectivity index is 2.45. The van der Waals surface area contributed by atoms with Gasteiger partial charge < -0.3 is 9.55 Å². The van der Waals surface area contributed by atoms with E-state index in [0.29, 0.717) is 17.1 Å². The van der Waals surface area contributed by atoms with Crippen LogP contribution in [-0.4, -0.2) is 30.8 Å². The van der Waals surface area contributed by atoms with Crippen molar-refractivity contribution in [1.29, 1.82) is 0 Å². The number of nitrogens with one attached hydrogen (secondary N) is 1. The lowest BCUT2D eigenvalue weighted by Crippen LogP contribution is -2.06. The summed E-state index contributed by atoms with van der Waals surface area (Å²) >= 11 is 5.19. The van der Waals surface area contributed by atoms with E-state index in [-0.39, 0.29) is 0 Å². The number of aromatic amines is 1. The minimum absolute atomic E-state index is 0.615. The van der Waals surface area contributed by atoms with Gasteiger partial charge in [0.05, 0.1) is 17.2 Å². The maximum atomic E-state index is 11.0. The third kappa shape index (κ3) is 2.15. The smallest absolute Gasteiger partial charge is 0.178 e. The molecule has 0 amide bonds. The topological polar surface area (TPSA) is 50.7 Å². The lowest BCUT2D eigenvalue weighted by Gasteiger charge is -2.01. The zero-order valence-electron chi connectivity index (χ0n) is 8.27. The fraction of sp³-hybridized carbons (Fsp3) is 0.333. The molecule has 0 aliphatic heterocycles. The average Bonchev–Trinajstić information content (AvgIpc) is 2.50. The number of hydrogen-bond acceptors (Lipinski definition) is 3. The van der Waals surface area contributed by atoms with Gasteiger partial charge >= 0.3 is 0 Å². The van der Waals surface area contributed by atoms with Crippen molar-refractivity contribution in [2.24, 2.45) is 0 Å². The van der Waals surface area contributed by atoms with Gasteiger partial charge in [0, 0.05) is 35.5 Å². The Morgan fingerprint density at radius 1 is 1.67 bits per heavy atom. The number of H-pyrrole nitrogens is 1. The number of hydrogen-bond donors (Lipinski definition) is 1. The highest BCUT2D eigenvalue weighted by Crippen LogP contribution is 2.11. The summed E-state index contributed by atoms with van der Waals surface area (Å²) in [6.45, 7) is 0.673. The molecule has 0 fully saturated rings. The first kappa shape index (κ1) is 10.5. The van der Waals surface area contributed by atoms with Crippen LogP contribution in [0.5, 0.6) is 0 Å². The van der Waals surface area contributed by atoms with Gasteiger partial charge in [-0.05, 0) is 18.3 Å². The number of imidazole rings is 1. The molecule has 2 aromatic heterocycles. The monoisotopic (exact) mass is 241 g/mol. The van der Waals surface area contributed by atoms with Crippen LogP contribution in [0.3, 0.4) is 0 Å². The first-order valence-corrected chi connectivity index (χ1v) is 6.64. The van der Waals surface area contributed by atoms with E-state index in [0.717, 1.165) is 11.0 Å². The normalized spacial score (nSPS) is 13.1. The molecule has 4 nitrogen and oxygen atoms in total. The fourth-order valence-corrected chi connectivity index (χ4v) is 2.19. The van der Waals surface area contributed by atoms with Gasteiger partial charge in [-0.25, -0.2) is 0 Å². The molecule has 1 atom stereocenters. The summed E-state index contributed by atoms with van der Waals surface area (Å²) < 4.78 is 13.6. The lowest BCUT2D eigenvalue weighted by atomic mass is 10.4. The largest absolute Gasteiger partial charge is 0.329 e. The van der Waals surface area contributed by atoms with Gasteiger partial charge in [0.25, 0.3) is 0 Å². The Hall–Kier alpha value is -1.01. The van der Waals surface area contributed by atoms with Crippen LogP contribution in [-0.2, 0) is 17.3 Å². The van der Waals surface area contributed by atoms with Gasteiger partial charge in [-0.1, -0.05) is 0 Å². The van der Waals surface area contributed by atoms with Gasteiger partial charge in [-0.2, -0.15) is 0 Å². The van der Waals surface area contributed by atoms with Crippen molar-refractivity contribution in [2.75, 3.05) is 12.0 Å². The summed E-state index contributed by atoms with van der Waals surface area (Å²) in [5, 5.41) is 0. The molecular weight excluding hydrogens is 230 g/mol. The molecular formula is C9H11N3OS2. The summed E-state index contributed by atoms with van der Waals surface area (Å²) in [6, 6.07) is 1.90. The van der Waals surface area contributed by atoms with Crippen LogP contribution in [0.4, 0.5) is 0 Å². The molecule has 0 aliphatic carbocycles. The van der Waals surface area contributed by atoms with E-state index in [4.69, 9.17) is 12.2 Å². The van der Waals surface area contributed by atoms with Crippen molar-refractivity contribution >= 4 is 34.1 Å². The molecule has 0 saturated carbocycles. The van der Waals surface area contributed by atoms with Crippen LogP contribution in [0.15, 0.2) is 18.5 Å². The van der Waals surface area contributed by atoms with Crippen LogP contribution in [0, 0.1) is 4.77 Å². The van der Waals surface area contributed by atoms with E-state index < -0.39 is 10.8 Å². The van der Waals surface area contributed by atoms with E-state index >= 15 is 0 Å².